The summed E-state index contributed by atoms with van der Waals surface area (Å²) < 4.78 is 0. The monoisotopic (exact) mass is 629 g/mol. The van der Waals surface area contributed by atoms with E-state index in [0.29, 0.717) is 0 Å². The number of aliphatic hydroxyl groups is 2. The van der Waals surface area contributed by atoms with E-state index in [4.69, 9.17) is 5.11 Å². The fourth-order valence-corrected chi connectivity index (χ4v) is 0.158. The molecule has 2 N–H and O–H groups in total. The minimum absolute atomic E-state index is 0. The van der Waals surface area contributed by atoms with E-state index in [2.05, 4.69) is 0 Å². The molecule has 0 amide bonds. The van der Waals surface area contributed by atoms with Crippen LogP contribution in [-0.2, 0) is 53.1 Å². The molecule has 0 saturated carbocycles. The second-order valence-electron chi connectivity index (χ2n) is 3.41. The maximum absolute atomic E-state index is 9.35. The van der Waals surface area contributed by atoms with E-state index in [-0.39, 0.29) is 125 Å². The molecule has 0 aliphatic rings. The molecule has 5 heteroatoms. The molecule has 0 rings (SSSR count). The van der Waals surface area contributed by atoms with Gasteiger partial charge >= 0.3 is 0 Å². The Morgan fingerprint density at radius 1 is 1.08 bits per heavy atom. The normalized spacial score (nSPS) is 10.5. The van der Waals surface area contributed by atoms with Crippen LogP contribution in [0.15, 0.2) is 0 Å². The third-order valence-electron chi connectivity index (χ3n) is 1.90. The molecule has 0 bridgehead atoms. The summed E-state index contributed by atoms with van der Waals surface area (Å²) in [5.41, 5.74) is -1.39. The van der Waals surface area contributed by atoms with Gasteiger partial charge in [0.05, 0.1) is 0 Å². The van der Waals surface area contributed by atoms with Crippen LogP contribution in [0.4, 0.5) is 0 Å². The molecule has 0 spiro atoms. The molecule has 0 aliphatic heterocycles. The van der Waals surface area contributed by atoms with E-state index < -0.39 is 11.0 Å². The Morgan fingerprint density at radius 3 is 1.33 bits per heavy atom. The molecule has 0 aliphatic carbocycles. The van der Waals surface area contributed by atoms with E-state index in [1.54, 1.807) is 27.7 Å². The molecule has 0 fully saturated rings. The van der Waals surface area contributed by atoms with Crippen molar-refractivity contribution >= 4 is 0 Å². The van der Waals surface area contributed by atoms with Crippen LogP contribution in [0.5, 0.6) is 0 Å². The molecule has 12 heavy (non-hydrogen) atoms. The molecule has 0 atom stereocenters. The van der Waals surface area contributed by atoms with Crippen LogP contribution >= 0.6 is 0 Å². The van der Waals surface area contributed by atoms with Crippen molar-refractivity contribution in [2.45, 2.75) is 33.3 Å². The van der Waals surface area contributed by atoms with Crippen molar-refractivity contribution in [3.05, 3.63) is 6.61 Å². The zero-order chi connectivity index (χ0) is 7.71. The van der Waals surface area contributed by atoms with Crippen molar-refractivity contribution in [3.63, 3.8) is 0 Å². The standard InChI is InChI=1S/C7H15O2.Re.Rn.Y/c1-6(2,5-8)7(3,4)9;;;/h5,8-9H,1-4H3;;;/q-1;;;. The van der Waals surface area contributed by atoms with Crippen molar-refractivity contribution < 1.29 is 135 Å². The first kappa shape index (κ1) is 24.9. The minimum atomic E-state index is -0.859. The van der Waals surface area contributed by atoms with E-state index >= 15 is 0 Å². The van der Waals surface area contributed by atoms with Gasteiger partial charge in [0.2, 0.25) is 0 Å². The smallest absolute Gasteiger partial charge is 0.0391 e. The van der Waals surface area contributed by atoms with Gasteiger partial charge in [-0.25, -0.2) is 6.61 Å². The van der Waals surface area contributed by atoms with Crippen LogP contribution in [0.3, 0.4) is 0 Å². The summed E-state index contributed by atoms with van der Waals surface area (Å²) in [7, 11) is 0. The molecule has 74 valence electrons. The Kier molecular flexibility index (Phi) is 20.7. The molecule has 0 aromatic heterocycles. The minimum Gasteiger partial charge on any atom is -0.565 e. The first-order valence-electron chi connectivity index (χ1n) is 3.02. The third-order valence-corrected chi connectivity index (χ3v) is 1.90. The van der Waals surface area contributed by atoms with Gasteiger partial charge in [-0.2, -0.15) is 0 Å². The Morgan fingerprint density at radius 2 is 1.33 bits per heavy atom. The predicted molar refractivity (Wildman–Crippen MR) is 36.3 cm³/mol. The largest absolute Gasteiger partial charge is 0.565 e. The fraction of sp³-hybridized carbons (Fsp3) is 0.857. The van der Waals surface area contributed by atoms with Gasteiger partial charge in [0, 0.05) is 131 Å². The van der Waals surface area contributed by atoms with Crippen LogP contribution in [0.25, 0.3) is 0 Å². The van der Waals surface area contributed by atoms with E-state index in [0.717, 1.165) is 6.61 Å². The molecular weight excluding hydrogens is 613 g/mol. The van der Waals surface area contributed by atoms with Gasteiger partial charge in [-0.15, -0.1) is 5.41 Å². The number of aliphatic hydroxyl groups excluding tert-OH is 1. The first-order chi connectivity index (χ1) is 3.81. The van der Waals surface area contributed by atoms with Crippen molar-refractivity contribution in [1.82, 2.24) is 0 Å². The molecule has 0 aromatic carbocycles. The Bertz CT molecular complexity index is 104. The molecule has 0 saturated heterocycles. The number of rotatable bonds is 2. The third kappa shape index (κ3) is 9.06. The summed E-state index contributed by atoms with van der Waals surface area (Å²) in [6.45, 7) is 7.90. The quantitative estimate of drug-likeness (QED) is 0.454. The van der Waals surface area contributed by atoms with Gasteiger partial charge in [-0.1, -0.05) is 13.8 Å². The van der Waals surface area contributed by atoms with Crippen LogP contribution in [-0.4, -0.2) is 15.8 Å². The van der Waals surface area contributed by atoms with Crippen LogP contribution in [0.1, 0.15) is 27.7 Å². The fourth-order valence-electron chi connectivity index (χ4n) is 0.158. The topological polar surface area (TPSA) is 40.5 Å². The number of hydrogen-bond acceptors (Lipinski definition) is 2. The van der Waals surface area contributed by atoms with Crippen LogP contribution < -0.4 is 0 Å². The molecule has 2 radical (unpaired) electrons. The SMILES string of the molecule is CC(C)(O)C(C)(C)[CH-]O.[Re].[Rn].[Y]. The average molecular weight is 628 g/mol. The second-order valence-corrected chi connectivity index (χ2v) is 3.41. The Hall–Kier alpha value is 3.80. The molecular formula is C7H15O2ReRnY-. The first-order valence-corrected chi connectivity index (χ1v) is 3.02. The van der Waals surface area contributed by atoms with Crippen molar-refractivity contribution in [3.8, 4) is 0 Å². The summed E-state index contributed by atoms with van der Waals surface area (Å²) >= 11 is 0. The van der Waals surface area contributed by atoms with E-state index in [1.807, 2.05) is 0 Å². The predicted octanol–water partition coefficient (Wildman–Crippen LogP) is 1.31. The zero-order valence-corrected chi connectivity index (χ0v) is 16.1. The number of hydrogen-bond donors (Lipinski definition) is 2. The summed E-state index contributed by atoms with van der Waals surface area (Å²) in [5, 5.41) is 18.0. The Balaban J connectivity index is -0.000000107. The van der Waals surface area contributed by atoms with Crippen LogP contribution in [0.2, 0.25) is 0 Å². The van der Waals surface area contributed by atoms with Gasteiger partial charge in [-0.3, -0.25) is 0 Å². The molecule has 0 heterocycles. The second kappa shape index (κ2) is 9.99. The van der Waals surface area contributed by atoms with Gasteiger partial charge in [0.25, 0.3) is 0 Å². The maximum Gasteiger partial charge on any atom is 0.0391 e. The van der Waals surface area contributed by atoms with Gasteiger partial charge in [0.1, 0.15) is 0 Å². The van der Waals surface area contributed by atoms with Gasteiger partial charge in [0.15, 0.2) is 0 Å². The summed E-state index contributed by atoms with van der Waals surface area (Å²) in [5.74, 6) is 0. The van der Waals surface area contributed by atoms with Crippen molar-refractivity contribution in [1.29, 1.82) is 0 Å². The van der Waals surface area contributed by atoms with E-state index in [9.17, 15) is 5.11 Å². The molecule has 2 nitrogen and oxygen atoms in total. The van der Waals surface area contributed by atoms with Crippen molar-refractivity contribution in [2.24, 2.45) is 5.41 Å². The van der Waals surface area contributed by atoms with Crippen LogP contribution in [0, 0.1) is 83.9 Å². The zero-order valence-electron chi connectivity index (χ0n) is 7.78. The van der Waals surface area contributed by atoms with Gasteiger partial charge in [-0.05, 0) is 13.8 Å². The van der Waals surface area contributed by atoms with Crippen molar-refractivity contribution in [2.75, 3.05) is 0 Å². The summed E-state index contributed by atoms with van der Waals surface area (Å²) in [6.07, 6.45) is 0. The maximum atomic E-state index is 9.35. The summed E-state index contributed by atoms with van der Waals surface area (Å²) in [6, 6.07) is 0. The van der Waals surface area contributed by atoms with Gasteiger partial charge < -0.3 is 10.2 Å². The van der Waals surface area contributed by atoms with E-state index in [1.165, 1.54) is 0 Å². The molecule has 0 unspecified atom stereocenters. The molecule has 0 aromatic rings. The summed E-state index contributed by atoms with van der Waals surface area (Å²) in [4.78, 5) is 0. The Labute approximate surface area is 176 Å². The average Bonchev–Trinajstić information content (AvgIpc) is 1.64.